The fourth-order valence-electron chi connectivity index (χ4n) is 1.55. The van der Waals surface area contributed by atoms with Crippen molar-refractivity contribution in [2.75, 3.05) is 6.61 Å². The van der Waals surface area contributed by atoms with Crippen molar-refractivity contribution in [2.45, 2.75) is 18.8 Å². The number of amides is 1. The standard InChI is InChI=1S/C8H11N3O3/c9-7(12)14-8(2-1-5-13-8)11-4-3-10-6-11/h3-4,6H,1-2,5H2,(H2,9,12). The van der Waals surface area contributed by atoms with Crippen molar-refractivity contribution in [3.05, 3.63) is 18.7 Å². The predicted octanol–water partition coefficient (Wildman–Crippen LogP) is 0.399. The summed E-state index contributed by atoms with van der Waals surface area (Å²) in [6, 6.07) is 0. The van der Waals surface area contributed by atoms with Crippen LogP contribution < -0.4 is 5.73 Å². The van der Waals surface area contributed by atoms with Crippen LogP contribution in [-0.2, 0) is 15.4 Å². The third kappa shape index (κ3) is 1.44. The first kappa shape index (κ1) is 9.01. The van der Waals surface area contributed by atoms with Gasteiger partial charge in [-0.1, -0.05) is 0 Å². The van der Waals surface area contributed by atoms with Crippen molar-refractivity contribution in [2.24, 2.45) is 5.73 Å². The van der Waals surface area contributed by atoms with Crippen LogP contribution in [0.3, 0.4) is 0 Å². The van der Waals surface area contributed by atoms with Crippen molar-refractivity contribution in [1.29, 1.82) is 0 Å². The van der Waals surface area contributed by atoms with Gasteiger partial charge in [0, 0.05) is 18.8 Å². The highest BCUT2D eigenvalue weighted by Gasteiger charge is 2.40. The van der Waals surface area contributed by atoms with E-state index in [1.807, 2.05) is 0 Å². The van der Waals surface area contributed by atoms with Gasteiger partial charge in [-0.3, -0.25) is 4.57 Å². The highest BCUT2D eigenvalue weighted by Crippen LogP contribution is 2.31. The van der Waals surface area contributed by atoms with Gasteiger partial charge in [0.15, 0.2) is 0 Å². The summed E-state index contributed by atoms with van der Waals surface area (Å²) in [5.74, 6) is -1.08. The Morgan fingerprint density at radius 3 is 3.07 bits per heavy atom. The van der Waals surface area contributed by atoms with Gasteiger partial charge in [-0.2, -0.15) is 0 Å². The van der Waals surface area contributed by atoms with Gasteiger partial charge >= 0.3 is 12.0 Å². The molecule has 1 fully saturated rings. The minimum absolute atomic E-state index is 0.547. The van der Waals surface area contributed by atoms with E-state index < -0.39 is 12.0 Å². The van der Waals surface area contributed by atoms with E-state index in [9.17, 15) is 4.79 Å². The van der Waals surface area contributed by atoms with E-state index in [0.717, 1.165) is 6.42 Å². The Balaban J connectivity index is 2.26. The molecular formula is C8H11N3O3. The monoisotopic (exact) mass is 197 g/mol. The van der Waals surface area contributed by atoms with Crippen LogP contribution in [0.5, 0.6) is 0 Å². The fraction of sp³-hybridized carbons (Fsp3) is 0.500. The molecule has 6 heteroatoms. The van der Waals surface area contributed by atoms with E-state index in [1.54, 1.807) is 17.0 Å². The Bertz CT molecular complexity index is 317. The van der Waals surface area contributed by atoms with E-state index in [-0.39, 0.29) is 0 Å². The average Bonchev–Trinajstić information content (AvgIpc) is 2.69. The molecule has 2 rings (SSSR count). The average molecular weight is 197 g/mol. The number of rotatable bonds is 2. The topological polar surface area (TPSA) is 79.4 Å². The van der Waals surface area contributed by atoms with Gasteiger partial charge in [-0.05, 0) is 6.42 Å². The molecule has 1 atom stereocenters. The van der Waals surface area contributed by atoms with Crippen LogP contribution in [0.1, 0.15) is 12.8 Å². The second-order valence-electron chi connectivity index (χ2n) is 3.06. The lowest BCUT2D eigenvalue weighted by Gasteiger charge is -2.27. The molecule has 76 valence electrons. The third-order valence-electron chi connectivity index (χ3n) is 2.12. The second kappa shape index (κ2) is 3.30. The quantitative estimate of drug-likeness (QED) is 0.744. The summed E-state index contributed by atoms with van der Waals surface area (Å²) >= 11 is 0. The highest BCUT2D eigenvalue weighted by atomic mass is 16.7. The van der Waals surface area contributed by atoms with Crippen LogP contribution in [0.4, 0.5) is 4.79 Å². The largest absolute Gasteiger partial charge is 0.408 e. The van der Waals surface area contributed by atoms with Crippen LogP contribution >= 0.6 is 0 Å². The number of primary amides is 1. The fourth-order valence-corrected chi connectivity index (χ4v) is 1.55. The zero-order valence-electron chi connectivity index (χ0n) is 7.55. The van der Waals surface area contributed by atoms with Gasteiger partial charge < -0.3 is 15.2 Å². The normalized spacial score (nSPS) is 26.3. The molecule has 0 aromatic carbocycles. The summed E-state index contributed by atoms with van der Waals surface area (Å²) in [6.45, 7) is 0.547. The predicted molar refractivity (Wildman–Crippen MR) is 46.1 cm³/mol. The molecule has 1 saturated heterocycles. The lowest BCUT2D eigenvalue weighted by Crippen LogP contribution is -2.39. The third-order valence-corrected chi connectivity index (χ3v) is 2.12. The summed E-state index contributed by atoms with van der Waals surface area (Å²) < 4.78 is 12.0. The molecule has 1 aliphatic rings. The molecule has 0 bridgehead atoms. The lowest BCUT2D eigenvalue weighted by molar-refractivity contribution is -0.231. The molecule has 1 aliphatic heterocycles. The maximum atomic E-state index is 10.7. The number of nitrogens with zero attached hydrogens (tertiary/aromatic N) is 2. The van der Waals surface area contributed by atoms with Crippen LogP contribution in [-0.4, -0.2) is 22.3 Å². The molecule has 1 aromatic heterocycles. The molecule has 2 heterocycles. The van der Waals surface area contributed by atoms with Gasteiger partial charge in [-0.25, -0.2) is 9.78 Å². The van der Waals surface area contributed by atoms with Crippen molar-refractivity contribution in [1.82, 2.24) is 9.55 Å². The number of carbonyl (C=O) groups excluding carboxylic acids is 1. The molecule has 0 spiro atoms. The van der Waals surface area contributed by atoms with Crippen LogP contribution in [0, 0.1) is 0 Å². The van der Waals surface area contributed by atoms with Crippen molar-refractivity contribution in [3.8, 4) is 0 Å². The lowest BCUT2D eigenvalue weighted by atomic mass is 10.3. The van der Waals surface area contributed by atoms with Gasteiger partial charge in [-0.15, -0.1) is 0 Å². The number of hydrogen-bond acceptors (Lipinski definition) is 4. The maximum Gasteiger partial charge on any atom is 0.408 e. The number of ether oxygens (including phenoxy) is 2. The van der Waals surface area contributed by atoms with Crippen molar-refractivity contribution >= 4 is 6.09 Å². The zero-order valence-corrected chi connectivity index (χ0v) is 7.55. The van der Waals surface area contributed by atoms with Gasteiger partial charge in [0.05, 0.1) is 12.9 Å². The molecule has 1 aromatic rings. The number of imidazole rings is 1. The van der Waals surface area contributed by atoms with Crippen molar-refractivity contribution < 1.29 is 14.3 Å². The summed E-state index contributed by atoms with van der Waals surface area (Å²) in [7, 11) is 0. The smallest absolute Gasteiger partial charge is 0.397 e. The number of hydrogen-bond donors (Lipinski definition) is 1. The van der Waals surface area contributed by atoms with Gasteiger partial charge in [0.25, 0.3) is 0 Å². The van der Waals surface area contributed by atoms with Gasteiger partial charge in [0.1, 0.15) is 0 Å². The van der Waals surface area contributed by atoms with Crippen LogP contribution in [0.15, 0.2) is 18.7 Å². The SMILES string of the molecule is NC(=O)OC1(n2ccnc2)CCCO1. The summed E-state index contributed by atoms with van der Waals surface area (Å²) in [5, 5.41) is 0. The first-order chi connectivity index (χ1) is 6.73. The zero-order chi connectivity index (χ0) is 10.0. The number of nitrogens with two attached hydrogens (primary N) is 1. The first-order valence-corrected chi connectivity index (χ1v) is 4.34. The molecule has 0 saturated carbocycles. The molecule has 0 radical (unpaired) electrons. The van der Waals surface area contributed by atoms with E-state index in [2.05, 4.69) is 4.98 Å². The summed E-state index contributed by atoms with van der Waals surface area (Å²) in [6.07, 6.45) is 5.37. The van der Waals surface area contributed by atoms with Crippen LogP contribution in [0.25, 0.3) is 0 Å². The molecule has 1 unspecified atom stereocenters. The first-order valence-electron chi connectivity index (χ1n) is 4.34. The molecule has 2 N–H and O–H groups in total. The van der Waals surface area contributed by atoms with Crippen LogP contribution in [0.2, 0.25) is 0 Å². The minimum atomic E-state index is -1.08. The molecule has 14 heavy (non-hydrogen) atoms. The molecular weight excluding hydrogens is 186 g/mol. The Labute approximate surface area is 80.6 Å². The van der Waals surface area contributed by atoms with E-state index in [4.69, 9.17) is 15.2 Å². The van der Waals surface area contributed by atoms with E-state index in [1.165, 1.54) is 6.33 Å². The van der Waals surface area contributed by atoms with Crippen molar-refractivity contribution in [3.63, 3.8) is 0 Å². The van der Waals surface area contributed by atoms with E-state index in [0.29, 0.717) is 13.0 Å². The molecule has 0 aliphatic carbocycles. The Morgan fingerprint density at radius 2 is 2.57 bits per heavy atom. The molecule has 6 nitrogen and oxygen atoms in total. The number of carbonyl (C=O) groups is 1. The molecule has 1 amide bonds. The Kier molecular flexibility index (Phi) is 2.12. The maximum absolute atomic E-state index is 10.7. The highest BCUT2D eigenvalue weighted by molar-refractivity contribution is 5.64. The summed E-state index contributed by atoms with van der Waals surface area (Å²) in [4.78, 5) is 14.6. The number of aromatic nitrogens is 2. The van der Waals surface area contributed by atoms with Gasteiger partial charge in [0.2, 0.25) is 0 Å². The minimum Gasteiger partial charge on any atom is -0.397 e. The Hall–Kier alpha value is -1.56. The second-order valence-corrected chi connectivity index (χ2v) is 3.06. The van der Waals surface area contributed by atoms with E-state index >= 15 is 0 Å². The Morgan fingerprint density at radius 1 is 1.71 bits per heavy atom. The summed E-state index contributed by atoms with van der Waals surface area (Å²) in [5.41, 5.74) is 4.99.